The fraction of sp³-hybridized carbons (Fsp3) is 0.0455. The molecule has 3 N–H and O–H groups in total. The molecule has 142 valence electrons. The first-order valence-corrected chi connectivity index (χ1v) is 8.98. The van der Waals surface area contributed by atoms with Gasteiger partial charge in [0.1, 0.15) is 0 Å². The number of nitrogens with one attached hydrogen (secondary N) is 1. The molecular weight excluding hydrogens is 364 g/mol. The molecule has 7 nitrogen and oxygen atoms in total. The zero-order chi connectivity index (χ0) is 20.2. The summed E-state index contributed by atoms with van der Waals surface area (Å²) in [6, 6.07) is 14.7. The number of primary amides is 1. The molecule has 0 fully saturated rings. The highest BCUT2D eigenvalue weighted by molar-refractivity contribution is 5.99. The van der Waals surface area contributed by atoms with E-state index < -0.39 is 5.91 Å². The number of pyridine rings is 2. The fourth-order valence-electron chi connectivity index (χ4n) is 2.95. The summed E-state index contributed by atoms with van der Waals surface area (Å²) < 4.78 is 0. The molecule has 0 aliphatic rings. The lowest BCUT2D eigenvalue weighted by molar-refractivity contribution is 0.100. The van der Waals surface area contributed by atoms with Gasteiger partial charge in [-0.1, -0.05) is 12.1 Å². The van der Waals surface area contributed by atoms with Gasteiger partial charge in [0.2, 0.25) is 5.95 Å². The van der Waals surface area contributed by atoms with Crippen LogP contribution in [0, 0.1) is 6.92 Å². The SMILES string of the molecule is Cc1ccc(-c2ncccc2C(N)=O)cc1Nc1nccc(-c2cccnc2)n1. The number of carbonyl (C=O) groups is 1. The number of rotatable bonds is 5. The van der Waals surface area contributed by atoms with Gasteiger partial charge in [-0.2, -0.15) is 0 Å². The monoisotopic (exact) mass is 382 g/mol. The van der Waals surface area contributed by atoms with Gasteiger partial charge in [-0.3, -0.25) is 14.8 Å². The Morgan fingerprint density at radius 1 is 0.966 bits per heavy atom. The number of hydrogen-bond acceptors (Lipinski definition) is 6. The Kier molecular flexibility index (Phi) is 4.94. The number of anilines is 2. The van der Waals surface area contributed by atoms with Crippen molar-refractivity contribution in [2.24, 2.45) is 5.73 Å². The second-order valence-corrected chi connectivity index (χ2v) is 6.43. The summed E-state index contributed by atoms with van der Waals surface area (Å²) in [4.78, 5) is 29.1. The van der Waals surface area contributed by atoms with Gasteiger partial charge < -0.3 is 11.1 Å². The minimum Gasteiger partial charge on any atom is -0.366 e. The van der Waals surface area contributed by atoms with E-state index in [2.05, 4.69) is 25.3 Å². The third kappa shape index (κ3) is 3.93. The average Bonchev–Trinajstić information content (AvgIpc) is 2.76. The molecule has 29 heavy (non-hydrogen) atoms. The van der Waals surface area contributed by atoms with E-state index in [1.54, 1.807) is 36.9 Å². The van der Waals surface area contributed by atoms with Crippen molar-refractivity contribution in [3.63, 3.8) is 0 Å². The number of hydrogen-bond donors (Lipinski definition) is 2. The van der Waals surface area contributed by atoms with Crippen LogP contribution in [0.1, 0.15) is 15.9 Å². The van der Waals surface area contributed by atoms with Crippen LogP contribution in [0.25, 0.3) is 22.5 Å². The van der Waals surface area contributed by atoms with E-state index in [0.717, 1.165) is 28.1 Å². The lowest BCUT2D eigenvalue weighted by Crippen LogP contribution is -2.13. The Bertz CT molecular complexity index is 1180. The average molecular weight is 382 g/mol. The zero-order valence-electron chi connectivity index (χ0n) is 15.7. The van der Waals surface area contributed by atoms with Gasteiger partial charge >= 0.3 is 0 Å². The van der Waals surface area contributed by atoms with Crippen LogP contribution in [0.5, 0.6) is 0 Å². The van der Waals surface area contributed by atoms with Gasteiger partial charge in [-0.15, -0.1) is 0 Å². The summed E-state index contributed by atoms with van der Waals surface area (Å²) in [5, 5.41) is 3.25. The second kappa shape index (κ2) is 7.85. The quantitative estimate of drug-likeness (QED) is 0.544. The van der Waals surface area contributed by atoms with Crippen molar-refractivity contribution in [1.29, 1.82) is 0 Å². The minimum absolute atomic E-state index is 0.372. The zero-order valence-corrected chi connectivity index (χ0v) is 15.7. The topological polar surface area (TPSA) is 107 Å². The predicted octanol–water partition coefficient (Wildman–Crippen LogP) is 3.75. The number of aryl methyl sites for hydroxylation is 1. The summed E-state index contributed by atoms with van der Waals surface area (Å²) in [5.74, 6) is -0.0570. The highest BCUT2D eigenvalue weighted by Gasteiger charge is 2.13. The van der Waals surface area contributed by atoms with Crippen LogP contribution < -0.4 is 11.1 Å². The molecule has 4 aromatic rings. The van der Waals surface area contributed by atoms with Crippen molar-refractivity contribution >= 4 is 17.5 Å². The third-order valence-electron chi connectivity index (χ3n) is 4.44. The molecule has 0 atom stereocenters. The molecule has 7 heteroatoms. The lowest BCUT2D eigenvalue weighted by Gasteiger charge is -2.12. The lowest BCUT2D eigenvalue weighted by atomic mass is 10.0. The Morgan fingerprint density at radius 3 is 2.62 bits per heavy atom. The van der Waals surface area contributed by atoms with Gasteiger partial charge in [0, 0.05) is 41.6 Å². The maximum absolute atomic E-state index is 11.8. The molecule has 0 saturated heterocycles. The number of amides is 1. The Labute approximate surface area is 167 Å². The van der Waals surface area contributed by atoms with Crippen molar-refractivity contribution < 1.29 is 4.79 Å². The van der Waals surface area contributed by atoms with Crippen molar-refractivity contribution in [3.8, 4) is 22.5 Å². The van der Waals surface area contributed by atoms with E-state index in [1.165, 1.54) is 0 Å². The van der Waals surface area contributed by atoms with Crippen LogP contribution >= 0.6 is 0 Å². The number of aromatic nitrogens is 4. The summed E-state index contributed by atoms with van der Waals surface area (Å²) in [5.41, 5.74) is 10.7. The van der Waals surface area contributed by atoms with Crippen LogP contribution in [0.15, 0.2) is 73.3 Å². The molecule has 1 aromatic carbocycles. The number of benzene rings is 1. The predicted molar refractivity (Wildman–Crippen MR) is 111 cm³/mol. The Morgan fingerprint density at radius 2 is 1.83 bits per heavy atom. The summed E-state index contributed by atoms with van der Waals surface area (Å²) in [7, 11) is 0. The van der Waals surface area contributed by atoms with Crippen LogP contribution in [-0.2, 0) is 0 Å². The van der Waals surface area contributed by atoms with E-state index in [0.29, 0.717) is 17.2 Å². The van der Waals surface area contributed by atoms with E-state index in [-0.39, 0.29) is 0 Å². The molecule has 0 spiro atoms. The van der Waals surface area contributed by atoms with E-state index >= 15 is 0 Å². The molecule has 1 amide bonds. The molecule has 0 radical (unpaired) electrons. The van der Waals surface area contributed by atoms with Gasteiger partial charge in [0.05, 0.1) is 17.0 Å². The Balaban J connectivity index is 1.69. The maximum atomic E-state index is 11.8. The molecule has 0 saturated carbocycles. The van der Waals surface area contributed by atoms with Crippen molar-refractivity contribution in [3.05, 3.63) is 84.4 Å². The van der Waals surface area contributed by atoms with Crippen LogP contribution in [0.4, 0.5) is 11.6 Å². The summed E-state index contributed by atoms with van der Waals surface area (Å²) in [6.45, 7) is 1.98. The smallest absolute Gasteiger partial charge is 0.250 e. The van der Waals surface area contributed by atoms with Gasteiger partial charge in [0.25, 0.3) is 5.91 Å². The van der Waals surface area contributed by atoms with Crippen molar-refractivity contribution in [1.82, 2.24) is 19.9 Å². The molecule has 0 unspecified atom stereocenters. The first-order valence-electron chi connectivity index (χ1n) is 8.98. The van der Waals surface area contributed by atoms with Gasteiger partial charge in [-0.25, -0.2) is 9.97 Å². The van der Waals surface area contributed by atoms with Crippen molar-refractivity contribution in [2.45, 2.75) is 6.92 Å². The third-order valence-corrected chi connectivity index (χ3v) is 4.44. The molecule has 3 heterocycles. The first kappa shape index (κ1) is 18.2. The summed E-state index contributed by atoms with van der Waals surface area (Å²) in [6.07, 6.45) is 6.80. The number of nitrogens with zero attached hydrogens (tertiary/aromatic N) is 4. The molecule has 0 aliphatic heterocycles. The normalized spacial score (nSPS) is 10.5. The van der Waals surface area contributed by atoms with E-state index in [4.69, 9.17) is 5.73 Å². The van der Waals surface area contributed by atoms with Gasteiger partial charge in [0.15, 0.2) is 0 Å². The maximum Gasteiger partial charge on any atom is 0.250 e. The first-order chi connectivity index (χ1) is 14.1. The number of carbonyl (C=O) groups excluding carboxylic acids is 1. The highest BCUT2D eigenvalue weighted by atomic mass is 16.1. The molecule has 3 aromatic heterocycles. The van der Waals surface area contributed by atoms with E-state index in [9.17, 15) is 4.79 Å². The minimum atomic E-state index is -0.518. The number of nitrogens with two attached hydrogens (primary N) is 1. The van der Waals surface area contributed by atoms with Crippen molar-refractivity contribution in [2.75, 3.05) is 5.32 Å². The van der Waals surface area contributed by atoms with Crippen LogP contribution in [0.3, 0.4) is 0 Å². The highest BCUT2D eigenvalue weighted by Crippen LogP contribution is 2.28. The van der Waals surface area contributed by atoms with Gasteiger partial charge in [-0.05, 0) is 48.9 Å². The summed E-state index contributed by atoms with van der Waals surface area (Å²) >= 11 is 0. The molecular formula is C22H18N6O. The second-order valence-electron chi connectivity index (χ2n) is 6.43. The van der Waals surface area contributed by atoms with Crippen LogP contribution in [-0.4, -0.2) is 25.8 Å². The van der Waals surface area contributed by atoms with E-state index in [1.807, 2.05) is 43.3 Å². The standard InChI is InChI=1S/C22H18N6O/c1-14-6-7-15(20-17(21(23)29)5-3-10-25-20)12-19(14)28-22-26-11-8-18(27-22)16-4-2-9-24-13-16/h2-13H,1H3,(H2,23,29)(H,26,27,28). The molecule has 0 bridgehead atoms. The Hall–Kier alpha value is -4.13. The molecule has 4 rings (SSSR count). The fourth-order valence-corrected chi connectivity index (χ4v) is 2.95. The van der Waals surface area contributed by atoms with Crippen LogP contribution in [0.2, 0.25) is 0 Å². The molecule has 0 aliphatic carbocycles. The largest absolute Gasteiger partial charge is 0.366 e.